The van der Waals surface area contributed by atoms with Crippen LogP contribution in [0.15, 0.2) is 54.9 Å². The fourth-order valence-electron chi connectivity index (χ4n) is 2.45. The van der Waals surface area contributed by atoms with E-state index in [1.807, 2.05) is 42.5 Å². The van der Waals surface area contributed by atoms with Gasteiger partial charge in [0.1, 0.15) is 11.5 Å². The van der Waals surface area contributed by atoms with E-state index in [0.29, 0.717) is 18.2 Å². The van der Waals surface area contributed by atoms with Gasteiger partial charge in [-0.25, -0.2) is 9.97 Å². The predicted molar refractivity (Wildman–Crippen MR) is 97.0 cm³/mol. The Kier molecular flexibility index (Phi) is 5.41. The first kappa shape index (κ1) is 16.7. The Bertz CT molecular complexity index is 825. The molecule has 128 valence electrons. The fourth-order valence-corrected chi connectivity index (χ4v) is 2.45. The minimum absolute atomic E-state index is 0.575. The average Bonchev–Trinajstić information content (AvgIpc) is 2.68. The number of pyridine rings is 1. The van der Waals surface area contributed by atoms with Gasteiger partial charge < -0.3 is 14.8 Å². The van der Waals surface area contributed by atoms with Gasteiger partial charge in [0.25, 0.3) is 0 Å². The molecule has 1 aromatic carbocycles. The summed E-state index contributed by atoms with van der Waals surface area (Å²) in [5.41, 5.74) is 2.70. The standard InChI is InChI=1S/C19H20N4O2/c1-24-15-6-7-16(18(13-15)25-2)17-9-12-22-19(23-17)21-11-8-14-5-3-4-10-20-14/h3-7,9-10,12-13H,8,11H2,1-2H3,(H,21,22,23). The molecule has 0 saturated heterocycles. The van der Waals surface area contributed by atoms with Crippen molar-refractivity contribution in [3.8, 4) is 22.8 Å². The molecule has 2 heterocycles. The van der Waals surface area contributed by atoms with Crippen LogP contribution in [0.25, 0.3) is 11.3 Å². The Labute approximate surface area is 146 Å². The maximum absolute atomic E-state index is 5.45. The highest BCUT2D eigenvalue weighted by Gasteiger charge is 2.10. The molecule has 3 aromatic rings. The molecule has 0 bridgehead atoms. The van der Waals surface area contributed by atoms with Gasteiger partial charge in [-0.3, -0.25) is 4.98 Å². The normalized spacial score (nSPS) is 10.3. The minimum Gasteiger partial charge on any atom is -0.497 e. The Balaban J connectivity index is 1.73. The lowest BCUT2D eigenvalue weighted by atomic mass is 10.1. The number of anilines is 1. The Morgan fingerprint density at radius 1 is 0.960 bits per heavy atom. The van der Waals surface area contributed by atoms with Gasteiger partial charge in [-0.15, -0.1) is 0 Å². The summed E-state index contributed by atoms with van der Waals surface area (Å²) in [6.07, 6.45) is 4.33. The third-order valence-electron chi connectivity index (χ3n) is 3.73. The van der Waals surface area contributed by atoms with Crippen LogP contribution in [0.5, 0.6) is 11.5 Å². The topological polar surface area (TPSA) is 69.2 Å². The molecule has 2 aromatic heterocycles. The summed E-state index contributed by atoms with van der Waals surface area (Å²) in [4.78, 5) is 13.2. The van der Waals surface area contributed by atoms with Gasteiger partial charge in [0, 0.05) is 42.7 Å². The van der Waals surface area contributed by atoms with Crippen LogP contribution in [0.1, 0.15) is 5.69 Å². The van der Waals surface area contributed by atoms with Crippen molar-refractivity contribution >= 4 is 5.95 Å². The zero-order chi connectivity index (χ0) is 17.5. The molecule has 0 aliphatic rings. The van der Waals surface area contributed by atoms with Gasteiger partial charge in [0.15, 0.2) is 0 Å². The van der Waals surface area contributed by atoms with E-state index < -0.39 is 0 Å². The van der Waals surface area contributed by atoms with Crippen LogP contribution in [0, 0.1) is 0 Å². The van der Waals surface area contributed by atoms with E-state index in [1.54, 1.807) is 26.6 Å². The molecule has 0 saturated carbocycles. The Morgan fingerprint density at radius 2 is 1.88 bits per heavy atom. The molecule has 0 amide bonds. The number of benzene rings is 1. The van der Waals surface area contributed by atoms with E-state index in [2.05, 4.69) is 20.3 Å². The number of methoxy groups -OCH3 is 2. The highest BCUT2D eigenvalue weighted by molar-refractivity contribution is 5.69. The molecule has 1 N–H and O–H groups in total. The first-order valence-electron chi connectivity index (χ1n) is 7.99. The van der Waals surface area contributed by atoms with E-state index in [0.717, 1.165) is 29.1 Å². The number of hydrogen-bond acceptors (Lipinski definition) is 6. The zero-order valence-electron chi connectivity index (χ0n) is 14.3. The molecule has 0 unspecified atom stereocenters. The molecular formula is C19H20N4O2. The van der Waals surface area contributed by atoms with Gasteiger partial charge in [-0.05, 0) is 30.3 Å². The zero-order valence-corrected chi connectivity index (χ0v) is 14.3. The van der Waals surface area contributed by atoms with Crippen LogP contribution in [-0.4, -0.2) is 35.7 Å². The number of ether oxygens (including phenoxy) is 2. The molecule has 6 heteroatoms. The number of aromatic nitrogens is 3. The molecule has 25 heavy (non-hydrogen) atoms. The average molecular weight is 336 g/mol. The van der Waals surface area contributed by atoms with Crippen molar-refractivity contribution in [2.75, 3.05) is 26.1 Å². The molecule has 6 nitrogen and oxygen atoms in total. The summed E-state index contributed by atoms with van der Waals surface area (Å²) in [6.45, 7) is 0.709. The minimum atomic E-state index is 0.575. The summed E-state index contributed by atoms with van der Waals surface area (Å²) in [7, 11) is 3.26. The van der Waals surface area contributed by atoms with Gasteiger partial charge in [0.05, 0.1) is 19.9 Å². The number of nitrogens with one attached hydrogen (secondary N) is 1. The van der Waals surface area contributed by atoms with Crippen molar-refractivity contribution in [3.63, 3.8) is 0 Å². The number of nitrogens with zero attached hydrogens (tertiary/aromatic N) is 3. The van der Waals surface area contributed by atoms with E-state index in [1.165, 1.54) is 0 Å². The highest BCUT2D eigenvalue weighted by atomic mass is 16.5. The second-order valence-corrected chi connectivity index (χ2v) is 5.33. The van der Waals surface area contributed by atoms with Crippen molar-refractivity contribution < 1.29 is 9.47 Å². The summed E-state index contributed by atoms with van der Waals surface area (Å²) in [5.74, 6) is 2.02. The van der Waals surface area contributed by atoms with E-state index in [-0.39, 0.29) is 0 Å². The maximum atomic E-state index is 5.45. The quantitative estimate of drug-likeness (QED) is 0.714. The third kappa shape index (κ3) is 4.23. The van der Waals surface area contributed by atoms with E-state index in [9.17, 15) is 0 Å². The molecule has 0 fully saturated rings. The van der Waals surface area contributed by atoms with Crippen molar-refractivity contribution in [3.05, 3.63) is 60.6 Å². The van der Waals surface area contributed by atoms with Crippen LogP contribution in [0.3, 0.4) is 0 Å². The van der Waals surface area contributed by atoms with Gasteiger partial charge in [-0.1, -0.05) is 6.07 Å². The number of hydrogen-bond donors (Lipinski definition) is 1. The van der Waals surface area contributed by atoms with Crippen LogP contribution in [0.2, 0.25) is 0 Å². The maximum Gasteiger partial charge on any atom is 0.223 e. The first-order valence-corrected chi connectivity index (χ1v) is 7.99. The van der Waals surface area contributed by atoms with Crippen LogP contribution in [0.4, 0.5) is 5.95 Å². The smallest absolute Gasteiger partial charge is 0.223 e. The predicted octanol–water partition coefficient (Wildman–Crippen LogP) is 3.21. The van der Waals surface area contributed by atoms with E-state index >= 15 is 0 Å². The van der Waals surface area contributed by atoms with E-state index in [4.69, 9.17) is 9.47 Å². The lowest BCUT2D eigenvalue weighted by Gasteiger charge is -2.11. The first-order chi connectivity index (χ1) is 12.3. The largest absolute Gasteiger partial charge is 0.497 e. The van der Waals surface area contributed by atoms with Crippen LogP contribution < -0.4 is 14.8 Å². The van der Waals surface area contributed by atoms with Crippen LogP contribution >= 0.6 is 0 Å². The fraction of sp³-hybridized carbons (Fsp3) is 0.211. The van der Waals surface area contributed by atoms with Crippen molar-refractivity contribution in [1.29, 1.82) is 0 Å². The lowest BCUT2D eigenvalue weighted by Crippen LogP contribution is -2.09. The third-order valence-corrected chi connectivity index (χ3v) is 3.73. The SMILES string of the molecule is COc1ccc(-c2ccnc(NCCc3ccccn3)n2)c(OC)c1. The molecule has 0 aliphatic carbocycles. The van der Waals surface area contributed by atoms with Crippen molar-refractivity contribution in [2.24, 2.45) is 0 Å². The molecule has 0 atom stereocenters. The monoisotopic (exact) mass is 336 g/mol. The molecule has 0 aliphatic heterocycles. The lowest BCUT2D eigenvalue weighted by molar-refractivity contribution is 0.395. The van der Waals surface area contributed by atoms with Gasteiger partial charge in [0.2, 0.25) is 5.95 Å². The molecular weight excluding hydrogens is 316 g/mol. The van der Waals surface area contributed by atoms with Crippen molar-refractivity contribution in [1.82, 2.24) is 15.0 Å². The Morgan fingerprint density at radius 3 is 2.64 bits per heavy atom. The summed E-state index contributed by atoms with van der Waals surface area (Å²) in [6, 6.07) is 13.4. The highest BCUT2D eigenvalue weighted by Crippen LogP contribution is 2.32. The van der Waals surface area contributed by atoms with Gasteiger partial charge >= 0.3 is 0 Å². The second kappa shape index (κ2) is 8.10. The Hall–Kier alpha value is -3.15. The summed E-state index contributed by atoms with van der Waals surface area (Å²) >= 11 is 0. The van der Waals surface area contributed by atoms with Crippen LogP contribution in [-0.2, 0) is 6.42 Å². The molecule has 0 radical (unpaired) electrons. The summed E-state index contributed by atoms with van der Waals surface area (Å²) in [5, 5.41) is 3.24. The summed E-state index contributed by atoms with van der Waals surface area (Å²) < 4.78 is 10.7. The van der Waals surface area contributed by atoms with Crippen molar-refractivity contribution in [2.45, 2.75) is 6.42 Å². The second-order valence-electron chi connectivity index (χ2n) is 5.33. The number of rotatable bonds is 7. The molecule has 0 spiro atoms. The van der Waals surface area contributed by atoms with Gasteiger partial charge in [-0.2, -0.15) is 0 Å². The molecule has 3 rings (SSSR count).